The van der Waals surface area contributed by atoms with Crippen LogP contribution in [0.5, 0.6) is 0 Å². The first-order valence-electron chi connectivity index (χ1n) is 6.36. The van der Waals surface area contributed by atoms with Crippen LogP contribution in [0.15, 0.2) is 40.6 Å². The van der Waals surface area contributed by atoms with Crippen molar-refractivity contribution in [2.75, 3.05) is 6.54 Å². The number of hydrogen-bond acceptors (Lipinski definition) is 2. The first-order chi connectivity index (χ1) is 7.93. The molecule has 0 aliphatic rings. The van der Waals surface area contributed by atoms with Crippen molar-refractivity contribution in [1.82, 2.24) is 0 Å². The molecule has 1 aromatic carbocycles. The lowest BCUT2D eigenvalue weighted by Crippen LogP contribution is -1.81. The summed E-state index contributed by atoms with van der Waals surface area (Å²) in [6.07, 6.45) is 7.84. The second kappa shape index (κ2) is 9.08. The summed E-state index contributed by atoms with van der Waals surface area (Å²) < 4.78 is 0. The van der Waals surface area contributed by atoms with Gasteiger partial charge in [-0.1, -0.05) is 57.2 Å². The zero-order valence-corrected chi connectivity index (χ0v) is 10.2. The molecule has 88 valence electrons. The van der Waals surface area contributed by atoms with Gasteiger partial charge in [0.25, 0.3) is 0 Å². The maximum atomic E-state index is 4.18. The van der Waals surface area contributed by atoms with Gasteiger partial charge in [-0.25, -0.2) is 0 Å². The molecule has 0 aliphatic heterocycles. The number of nitrogens with zero attached hydrogens (tertiary/aromatic N) is 2. The van der Waals surface area contributed by atoms with E-state index in [0.29, 0.717) is 0 Å². The molecule has 0 bridgehead atoms. The molecule has 0 aromatic heterocycles. The quantitative estimate of drug-likeness (QED) is 0.427. The van der Waals surface area contributed by atoms with Crippen LogP contribution in [0.4, 0.5) is 5.69 Å². The van der Waals surface area contributed by atoms with Crippen LogP contribution >= 0.6 is 0 Å². The largest absolute Gasteiger partial charge is 0.189 e. The predicted octanol–water partition coefficient (Wildman–Crippen LogP) is 5.13. The smallest absolute Gasteiger partial charge is 0.0852 e. The van der Waals surface area contributed by atoms with E-state index in [9.17, 15) is 0 Å². The zero-order chi connectivity index (χ0) is 11.5. The molecule has 0 heterocycles. The van der Waals surface area contributed by atoms with Crippen LogP contribution in [0.2, 0.25) is 0 Å². The van der Waals surface area contributed by atoms with Crippen molar-refractivity contribution in [3.05, 3.63) is 30.3 Å². The molecular formula is C14H22N2. The minimum absolute atomic E-state index is 0.862. The highest BCUT2D eigenvalue weighted by Gasteiger charge is 1.89. The number of rotatable bonds is 8. The molecule has 0 unspecified atom stereocenters. The summed E-state index contributed by atoms with van der Waals surface area (Å²) in [4.78, 5) is 0. The van der Waals surface area contributed by atoms with Crippen LogP contribution in [0, 0.1) is 0 Å². The minimum Gasteiger partial charge on any atom is -0.189 e. The molecule has 0 atom stereocenters. The van der Waals surface area contributed by atoms with Crippen LogP contribution in [0.25, 0.3) is 0 Å². The van der Waals surface area contributed by atoms with Gasteiger partial charge in [0.1, 0.15) is 0 Å². The van der Waals surface area contributed by atoms with Crippen molar-refractivity contribution in [1.29, 1.82) is 0 Å². The molecule has 0 saturated carbocycles. The lowest BCUT2D eigenvalue weighted by atomic mass is 10.1. The molecule has 0 amide bonds. The van der Waals surface area contributed by atoms with Gasteiger partial charge in [-0.2, -0.15) is 10.2 Å². The minimum atomic E-state index is 0.862. The van der Waals surface area contributed by atoms with Gasteiger partial charge in [-0.15, -0.1) is 0 Å². The maximum absolute atomic E-state index is 4.18. The third-order valence-electron chi connectivity index (χ3n) is 2.55. The summed E-state index contributed by atoms with van der Waals surface area (Å²) in [6, 6.07) is 9.92. The van der Waals surface area contributed by atoms with Gasteiger partial charge in [0.15, 0.2) is 0 Å². The third-order valence-corrected chi connectivity index (χ3v) is 2.55. The van der Waals surface area contributed by atoms with E-state index in [-0.39, 0.29) is 0 Å². The SMILES string of the molecule is CCCCCCCCN=Nc1ccccc1. The summed E-state index contributed by atoms with van der Waals surface area (Å²) in [6.45, 7) is 3.11. The predicted molar refractivity (Wildman–Crippen MR) is 69.2 cm³/mol. The third kappa shape index (κ3) is 6.33. The van der Waals surface area contributed by atoms with Gasteiger partial charge >= 0.3 is 0 Å². The van der Waals surface area contributed by atoms with E-state index in [4.69, 9.17) is 0 Å². The Labute approximate surface area is 98.8 Å². The van der Waals surface area contributed by atoms with E-state index in [2.05, 4.69) is 17.2 Å². The zero-order valence-electron chi connectivity index (χ0n) is 10.2. The second-order valence-electron chi connectivity index (χ2n) is 4.07. The van der Waals surface area contributed by atoms with Crippen molar-refractivity contribution in [3.8, 4) is 0 Å². The molecule has 0 saturated heterocycles. The van der Waals surface area contributed by atoms with E-state index in [1.807, 2.05) is 30.3 Å². The molecule has 0 radical (unpaired) electrons. The number of unbranched alkanes of at least 4 members (excludes halogenated alkanes) is 5. The Morgan fingerprint density at radius 3 is 2.31 bits per heavy atom. The average molecular weight is 218 g/mol. The topological polar surface area (TPSA) is 24.7 Å². The molecule has 2 nitrogen and oxygen atoms in total. The van der Waals surface area contributed by atoms with Gasteiger partial charge in [0.05, 0.1) is 12.2 Å². The number of hydrogen-bond donors (Lipinski definition) is 0. The number of azo groups is 1. The Bertz CT molecular complexity index is 280. The molecule has 0 N–H and O–H groups in total. The van der Waals surface area contributed by atoms with Gasteiger partial charge in [0.2, 0.25) is 0 Å². The van der Waals surface area contributed by atoms with E-state index < -0.39 is 0 Å². The van der Waals surface area contributed by atoms with Crippen LogP contribution in [-0.2, 0) is 0 Å². The lowest BCUT2D eigenvalue weighted by Gasteiger charge is -1.97. The highest BCUT2D eigenvalue weighted by atomic mass is 15.1. The summed E-state index contributed by atoms with van der Waals surface area (Å²) in [5, 5.41) is 8.35. The average Bonchev–Trinajstić information content (AvgIpc) is 2.34. The Kier molecular flexibility index (Phi) is 7.31. The van der Waals surface area contributed by atoms with Crippen molar-refractivity contribution < 1.29 is 0 Å². The highest BCUT2D eigenvalue weighted by Crippen LogP contribution is 2.10. The van der Waals surface area contributed by atoms with Gasteiger partial charge < -0.3 is 0 Å². The summed E-state index contributed by atoms with van der Waals surface area (Å²) in [5.41, 5.74) is 0.952. The molecule has 16 heavy (non-hydrogen) atoms. The molecule has 0 aliphatic carbocycles. The maximum Gasteiger partial charge on any atom is 0.0852 e. The Morgan fingerprint density at radius 1 is 0.875 bits per heavy atom. The van der Waals surface area contributed by atoms with E-state index in [1.165, 1.54) is 38.5 Å². The van der Waals surface area contributed by atoms with Crippen molar-refractivity contribution in [2.45, 2.75) is 45.4 Å². The molecule has 1 aromatic rings. The van der Waals surface area contributed by atoms with Gasteiger partial charge in [-0.05, 0) is 18.6 Å². The summed E-state index contributed by atoms with van der Waals surface area (Å²) >= 11 is 0. The van der Waals surface area contributed by atoms with E-state index >= 15 is 0 Å². The first-order valence-corrected chi connectivity index (χ1v) is 6.36. The fourth-order valence-corrected chi connectivity index (χ4v) is 1.59. The first kappa shape index (κ1) is 12.9. The molecule has 0 fully saturated rings. The van der Waals surface area contributed by atoms with Crippen LogP contribution < -0.4 is 0 Å². The highest BCUT2D eigenvalue weighted by molar-refractivity contribution is 5.34. The number of benzene rings is 1. The van der Waals surface area contributed by atoms with Crippen molar-refractivity contribution in [2.24, 2.45) is 10.2 Å². The van der Waals surface area contributed by atoms with Crippen molar-refractivity contribution in [3.63, 3.8) is 0 Å². The van der Waals surface area contributed by atoms with Crippen LogP contribution in [0.1, 0.15) is 45.4 Å². The standard InChI is InChI=1S/C14H22N2/c1-2-3-4-5-6-10-13-15-16-14-11-8-7-9-12-14/h7-9,11-12H,2-6,10,13H2,1H3. The summed E-state index contributed by atoms with van der Waals surface area (Å²) in [5.74, 6) is 0. The Balaban J connectivity index is 2.01. The fourth-order valence-electron chi connectivity index (χ4n) is 1.59. The van der Waals surface area contributed by atoms with Crippen LogP contribution in [-0.4, -0.2) is 6.54 Å². The second-order valence-corrected chi connectivity index (χ2v) is 4.07. The van der Waals surface area contributed by atoms with E-state index in [1.54, 1.807) is 0 Å². The van der Waals surface area contributed by atoms with Gasteiger partial charge in [-0.3, -0.25) is 0 Å². The normalized spacial score (nSPS) is 11.1. The molecule has 0 spiro atoms. The molecular weight excluding hydrogens is 196 g/mol. The van der Waals surface area contributed by atoms with Gasteiger partial charge in [0, 0.05) is 0 Å². The monoisotopic (exact) mass is 218 g/mol. The van der Waals surface area contributed by atoms with Crippen LogP contribution in [0.3, 0.4) is 0 Å². The van der Waals surface area contributed by atoms with Crippen molar-refractivity contribution >= 4 is 5.69 Å². The Hall–Kier alpha value is -1.18. The summed E-state index contributed by atoms with van der Waals surface area (Å²) in [7, 11) is 0. The fraction of sp³-hybridized carbons (Fsp3) is 0.571. The Morgan fingerprint density at radius 2 is 1.56 bits per heavy atom. The molecule has 1 rings (SSSR count). The molecule has 2 heteroatoms. The van der Waals surface area contributed by atoms with E-state index in [0.717, 1.165) is 12.2 Å². The lowest BCUT2D eigenvalue weighted by molar-refractivity contribution is 0.608.